The van der Waals surface area contributed by atoms with E-state index in [0.29, 0.717) is 11.3 Å². The van der Waals surface area contributed by atoms with Crippen molar-refractivity contribution in [3.63, 3.8) is 0 Å². The molecule has 0 aromatic carbocycles. The number of furan rings is 1. The largest absolute Gasteiger partial charge is 0.466 e. The van der Waals surface area contributed by atoms with Crippen LogP contribution >= 0.6 is 0 Å². The molecule has 0 aliphatic carbocycles. The van der Waals surface area contributed by atoms with E-state index in [0.717, 1.165) is 11.3 Å². The first-order valence-corrected chi connectivity index (χ1v) is 7.04. The molecule has 0 saturated carbocycles. The maximum Gasteiger partial charge on any atom is 0.244 e. The van der Waals surface area contributed by atoms with E-state index >= 15 is 0 Å². The number of aliphatic hydroxyl groups is 1. The number of nitrogens with one attached hydrogen (secondary N) is 1. The lowest BCUT2D eigenvalue weighted by Gasteiger charge is -2.22. The van der Waals surface area contributed by atoms with Gasteiger partial charge in [-0.3, -0.25) is 9.78 Å². The Hall–Kier alpha value is -2.40. The average Bonchev–Trinajstić information content (AvgIpc) is 2.84. The number of amides is 1. The Bertz CT molecular complexity index is 672. The molecule has 5 nitrogen and oxygen atoms in total. The molecule has 0 fully saturated rings. The maximum absolute atomic E-state index is 11.8. The summed E-state index contributed by atoms with van der Waals surface area (Å²) in [6.45, 7) is 5.36. The third kappa shape index (κ3) is 4.05. The molecule has 0 spiro atoms. The number of rotatable bonds is 5. The average molecular weight is 300 g/mol. The van der Waals surface area contributed by atoms with Crippen molar-refractivity contribution in [2.45, 2.75) is 26.4 Å². The standard InChI is InChI=1S/C17H20N2O3/c1-12-9-15(13(2)22-12)17(3,21)11-19-16(20)7-6-14-5-4-8-18-10-14/h4-10,21H,11H2,1-3H3,(H,19,20)/b7-6+. The van der Waals surface area contributed by atoms with Crippen molar-refractivity contribution >= 4 is 12.0 Å². The molecule has 0 aliphatic rings. The third-order valence-corrected chi connectivity index (χ3v) is 3.34. The Balaban J connectivity index is 1.95. The molecule has 1 atom stereocenters. The van der Waals surface area contributed by atoms with Gasteiger partial charge in [-0.2, -0.15) is 0 Å². The minimum absolute atomic E-state index is 0.100. The summed E-state index contributed by atoms with van der Waals surface area (Å²) in [7, 11) is 0. The zero-order valence-corrected chi connectivity index (χ0v) is 13.0. The van der Waals surface area contributed by atoms with Crippen molar-refractivity contribution in [1.29, 1.82) is 0 Å². The van der Waals surface area contributed by atoms with Crippen LogP contribution in [0.1, 0.15) is 29.6 Å². The number of hydrogen-bond acceptors (Lipinski definition) is 4. The molecule has 1 unspecified atom stereocenters. The lowest BCUT2D eigenvalue weighted by Crippen LogP contribution is -2.38. The van der Waals surface area contributed by atoms with Crippen molar-refractivity contribution in [3.05, 3.63) is 59.3 Å². The van der Waals surface area contributed by atoms with Crippen LogP contribution < -0.4 is 5.32 Å². The van der Waals surface area contributed by atoms with E-state index in [1.54, 1.807) is 44.4 Å². The van der Waals surface area contributed by atoms with Crippen LogP contribution in [0.5, 0.6) is 0 Å². The Labute approximate surface area is 129 Å². The first kappa shape index (κ1) is 16.0. The van der Waals surface area contributed by atoms with Crippen LogP contribution in [0.3, 0.4) is 0 Å². The van der Waals surface area contributed by atoms with E-state index in [9.17, 15) is 9.90 Å². The van der Waals surface area contributed by atoms with Gasteiger partial charge in [0.15, 0.2) is 0 Å². The van der Waals surface area contributed by atoms with Crippen LogP contribution in [0.15, 0.2) is 41.1 Å². The zero-order valence-electron chi connectivity index (χ0n) is 13.0. The lowest BCUT2D eigenvalue weighted by molar-refractivity contribution is -0.117. The van der Waals surface area contributed by atoms with Crippen molar-refractivity contribution < 1.29 is 14.3 Å². The summed E-state index contributed by atoms with van der Waals surface area (Å²) in [5.74, 6) is 1.11. The number of carbonyl (C=O) groups excluding carboxylic acids is 1. The number of nitrogens with zero attached hydrogens (tertiary/aromatic N) is 1. The van der Waals surface area contributed by atoms with Crippen LogP contribution in [0.2, 0.25) is 0 Å². The van der Waals surface area contributed by atoms with Gasteiger partial charge >= 0.3 is 0 Å². The van der Waals surface area contributed by atoms with E-state index in [-0.39, 0.29) is 12.5 Å². The van der Waals surface area contributed by atoms with E-state index in [4.69, 9.17) is 4.42 Å². The molecule has 2 aromatic rings. The monoisotopic (exact) mass is 300 g/mol. The van der Waals surface area contributed by atoms with Gasteiger partial charge < -0.3 is 14.8 Å². The second kappa shape index (κ2) is 6.58. The Kier molecular flexibility index (Phi) is 4.78. The molecule has 1 amide bonds. The van der Waals surface area contributed by atoms with Gasteiger partial charge in [-0.15, -0.1) is 0 Å². The van der Waals surface area contributed by atoms with Crippen LogP contribution in [-0.2, 0) is 10.4 Å². The summed E-state index contributed by atoms with van der Waals surface area (Å²) < 4.78 is 5.42. The Morgan fingerprint density at radius 3 is 2.86 bits per heavy atom. The summed E-state index contributed by atoms with van der Waals surface area (Å²) in [6.07, 6.45) is 6.42. The van der Waals surface area contributed by atoms with E-state index in [1.807, 2.05) is 13.0 Å². The van der Waals surface area contributed by atoms with Gasteiger partial charge in [-0.25, -0.2) is 0 Å². The van der Waals surface area contributed by atoms with Crippen molar-refractivity contribution in [2.75, 3.05) is 6.54 Å². The topological polar surface area (TPSA) is 75.4 Å². The number of aromatic nitrogens is 1. The highest BCUT2D eigenvalue weighted by molar-refractivity contribution is 5.91. The summed E-state index contributed by atoms with van der Waals surface area (Å²) in [5.41, 5.74) is 0.340. The van der Waals surface area contributed by atoms with E-state index < -0.39 is 5.60 Å². The van der Waals surface area contributed by atoms with Crippen molar-refractivity contribution in [3.8, 4) is 0 Å². The number of hydrogen-bond donors (Lipinski definition) is 2. The molecule has 0 bridgehead atoms. The van der Waals surface area contributed by atoms with Crippen LogP contribution in [0.25, 0.3) is 6.08 Å². The molecule has 0 aliphatic heterocycles. The summed E-state index contributed by atoms with van der Waals surface area (Å²) >= 11 is 0. The summed E-state index contributed by atoms with van der Waals surface area (Å²) in [4.78, 5) is 15.8. The number of pyridine rings is 1. The lowest BCUT2D eigenvalue weighted by atomic mass is 9.96. The van der Waals surface area contributed by atoms with Crippen LogP contribution in [0.4, 0.5) is 0 Å². The zero-order chi connectivity index (χ0) is 16.2. The fourth-order valence-electron chi connectivity index (χ4n) is 2.23. The Morgan fingerprint density at radius 2 is 2.27 bits per heavy atom. The van der Waals surface area contributed by atoms with Crippen LogP contribution in [0, 0.1) is 13.8 Å². The quantitative estimate of drug-likeness (QED) is 0.831. The van der Waals surface area contributed by atoms with Gasteiger partial charge in [-0.05, 0) is 44.5 Å². The molecule has 2 rings (SSSR count). The second-order valence-corrected chi connectivity index (χ2v) is 5.44. The summed E-state index contributed by atoms with van der Waals surface area (Å²) in [5, 5.41) is 13.2. The van der Waals surface area contributed by atoms with Gasteiger partial charge in [0, 0.05) is 24.0 Å². The van der Waals surface area contributed by atoms with E-state index in [2.05, 4.69) is 10.3 Å². The van der Waals surface area contributed by atoms with E-state index in [1.165, 1.54) is 6.08 Å². The molecular weight excluding hydrogens is 280 g/mol. The smallest absolute Gasteiger partial charge is 0.244 e. The number of aryl methyl sites for hydroxylation is 2. The van der Waals surface area contributed by atoms with Crippen LogP contribution in [-0.4, -0.2) is 22.5 Å². The molecule has 0 saturated heterocycles. The van der Waals surface area contributed by atoms with Crippen molar-refractivity contribution in [2.24, 2.45) is 0 Å². The normalized spacial score (nSPS) is 14.0. The first-order chi connectivity index (χ1) is 10.4. The third-order valence-electron chi connectivity index (χ3n) is 3.34. The molecular formula is C17H20N2O3. The molecule has 5 heteroatoms. The van der Waals surface area contributed by atoms with Gasteiger partial charge in [0.05, 0.1) is 6.54 Å². The highest BCUT2D eigenvalue weighted by Crippen LogP contribution is 2.26. The molecule has 0 radical (unpaired) electrons. The minimum atomic E-state index is -1.18. The molecule has 22 heavy (non-hydrogen) atoms. The maximum atomic E-state index is 11.8. The predicted octanol–water partition coefficient (Wildman–Crippen LogP) is 2.33. The van der Waals surface area contributed by atoms with Gasteiger partial charge in [0.2, 0.25) is 5.91 Å². The van der Waals surface area contributed by atoms with Gasteiger partial charge in [0.25, 0.3) is 0 Å². The van der Waals surface area contributed by atoms with Gasteiger partial charge in [-0.1, -0.05) is 6.07 Å². The second-order valence-electron chi connectivity index (χ2n) is 5.44. The molecule has 116 valence electrons. The fraction of sp³-hybridized carbons (Fsp3) is 0.294. The molecule has 2 N–H and O–H groups in total. The molecule has 2 heterocycles. The molecule has 2 aromatic heterocycles. The minimum Gasteiger partial charge on any atom is -0.466 e. The SMILES string of the molecule is Cc1cc(C(C)(O)CNC(=O)/C=C/c2cccnc2)c(C)o1. The predicted molar refractivity (Wildman–Crippen MR) is 84.0 cm³/mol. The van der Waals surface area contributed by atoms with Gasteiger partial charge in [0.1, 0.15) is 17.1 Å². The highest BCUT2D eigenvalue weighted by Gasteiger charge is 2.27. The highest BCUT2D eigenvalue weighted by atomic mass is 16.3. The fourth-order valence-corrected chi connectivity index (χ4v) is 2.23. The Morgan fingerprint density at radius 1 is 1.50 bits per heavy atom. The summed E-state index contributed by atoms with van der Waals surface area (Å²) in [6, 6.07) is 5.43. The van der Waals surface area contributed by atoms with Crippen molar-refractivity contribution in [1.82, 2.24) is 10.3 Å². The number of carbonyl (C=O) groups is 1. The first-order valence-electron chi connectivity index (χ1n) is 7.04.